The Morgan fingerprint density at radius 1 is 0.967 bits per heavy atom. The molecule has 0 aliphatic rings. The molecule has 2 atom stereocenters. The summed E-state index contributed by atoms with van der Waals surface area (Å²) in [4.78, 5) is 13.0. The van der Waals surface area contributed by atoms with Gasteiger partial charge < -0.3 is 19.5 Å². The second-order valence-electron chi connectivity index (χ2n) is 6.74. The van der Waals surface area contributed by atoms with Crippen molar-refractivity contribution in [2.45, 2.75) is 25.9 Å². The van der Waals surface area contributed by atoms with E-state index >= 15 is 0 Å². The van der Waals surface area contributed by atoms with Gasteiger partial charge in [0.05, 0.1) is 39.3 Å². The highest BCUT2D eigenvalue weighted by Crippen LogP contribution is 2.35. The minimum absolute atomic E-state index is 0.215. The first-order valence-corrected chi connectivity index (χ1v) is 11.1. The molecule has 0 saturated carbocycles. The molecule has 0 aliphatic heterocycles. The number of carbonyl (C=O) groups is 1. The van der Waals surface area contributed by atoms with Crippen LogP contribution in [-0.4, -0.2) is 48.0 Å². The quantitative estimate of drug-likeness (QED) is 0.650. The summed E-state index contributed by atoms with van der Waals surface area (Å²) in [6.45, 7) is 3.32. The minimum Gasteiger partial charge on any atom is -0.497 e. The van der Waals surface area contributed by atoms with Gasteiger partial charge in [-0.2, -0.15) is 0 Å². The molecule has 0 spiro atoms. The first-order chi connectivity index (χ1) is 14.1. The summed E-state index contributed by atoms with van der Waals surface area (Å²) in [7, 11) is 0.636. The van der Waals surface area contributed by atoms with Crippen molar-refractivity contribution in [1.29, 1.82) is 0 Å². The molecule has 0 saturated heterocycles. The van der Waals surface area contributed by atoms with Gasteiger partial charge >= 0.3 is 0 Å². The molecule has 9 heteroatoms. The maximum absolute atomic E-state index is 13.0. The fraction of sp³-hybridized carbons (Fsp3) is 0.381. The lowest BCUT2D eigenvalue weighted by molar-refractivity contribution is -0.122. The second kappa shape index (κ2) is 9.71. The Hall–Kier alpha value is -2.94. The molecule has 164 valence electrons. The molecular formula is C21H28N2O6S. The molecule has 0 aliphatic carbocycles. The van der Waals surface area contributed by atoms with Crippen LogP contribution in [0, 0.1) is 0 Å². The smallest absolute Gasteiger partial charge is 0.244 e. The summed E-state index contributed by atoms with van der Waals surface area (Å²) in [5, 5.41) is 2.86. The number of methoxy groups -OCH3 is 3. The number of hydrogen-bond donors (Lipinski definition) is 1. The van der Waals surface area contributed by atoms with E-state index in [2.05, 4.69) is 5.32 Å². The molecule has 1 amide bonds. The van der Waals surface area contributed by atoms with Crippen LogP contribution in [0.15, 0.2) is 42.5 Å². The molecule has 0 fully saturated rings. The van der Waals surface area contributed by atoms with Gasteiger partial charge in [-0.1, -0.05) is 18.2 Å². The second-order valence-corrected chi connectivity index (χ2v) is 8.60. The average Bonchev–Trinajstić information content (AvgIpc) is 2.72. The van der Waals surface area contributed by atoms with Crippen LogP contribution < -0.4 is 23.8 Å². The normalized spacial score (nSPS) is 13.1. The topological polar surface area (TPSA) is 94.2 Å². The number of sulfonamides is 1. The molecule has 0 radical (unpaired) electrons. The first kappa shape index (κ1) is 23.3. The lowest BCUT2D eigenvalue weighted by Crippen LogP contribution is -2.48. The number of carbonyl (C=O) groups excluding carboxylic acids is 1. The number of nitrogens with one attached hydrogen (secondary N) is 1. The van der Waals surface area contributed by atoms with E-state index in [4.69, 9.17) is 14.2 Å². The predicted octanol–water partition coefficient (Wildman–Crippen LogP) is 2.74. The van der Waals surface area contributed by atoms with Crippen molar-refractivity contribution in [1.82, 2.24) is 5.32 Å². The highest BCUT2D eigenvalue weighted by Gasteiger charge is 2.32. The summed E-state index contributed by atoms with van der Waals surface area (Å²) in [5.74, 6) is 0.907. The van der Waals surface area contributed by atoms with Gasteiger partial charge in [-0.3, -0.25) is 9.10 Å². The van der Waals surface area contributed by atoms with E-state index in [0.717, 1.165) is 16.1 Å². The number of rotatable bonds is 9. The fourth-order valence-electron chi connectivity index (χ4n) is 3.19. The Bertz CT molecular complexity index is 993. The molecule has 1 N–H and O–H groups in total. The van der Waals surface area contributed by atoms with Gasteiger partial charge in [-0.25, -0.2) is 8.42 Å². The summed E-state index contributed by atoms with van der Waals surface area (Å²) in [6, 6.07) is 10.6. The largest absolute Gasteiger partial charge is 0.497 e. The van der Waals surface area contributed by atoms with Crippen molar-refractivity contribution in [3.63, 3.8) is 0 Å². The van der Waals surface area contributed by atoms with Gasteiger partial charge in [0, 0.05) is 11.6 Å². The van der Waals surface area contributed by atoms with E-state index in [1.807, 2.05) is 18.2 Å². The van der Waals surface area contributed by atoms with Crippen molar-refractivity contribution >= 4 is 21.6 Å². The van der Waals surface area contributed by atoms with E-state index in [1.54, 1.807) is 32.2 Å². The number of para-hydroxylation sites is 1. The Morgan fingerprint density at radius 2 is 1.60 bits per heavy atom. The summed E-state index contributed by atoms with van der Waals surface area (Å²) in [6.07, 6.45) is 1.04. The highest BCUT2D eigenvalue weighted by atomic mass is 32.2. The average molecular weight is 437 g/mol. The van der Waals surface area contributed by atoms with Gasteiger partial charge in [-0.15, -0.1) is 0 Å². The van der Waals surface area contributed by atoms with Crippen LogP contribution in [0.4, 0.5) is 5.69 Å². The van der Waals surface area contributed by atoms with Crippen molar-refractivity contribution in [3.8, 4) is 17.2 Å². The van der Waals surface area contributed by atoms with Crippen LogP contribution in [-0.2, 0) is 14.8 Å². The first-order valence-electron chi connectivity index (χ1n) is 9.28. The lowest BCUT2D eigenvalue weighted by atomic mass is 10.1. The molecule has 8 nitrogen and oxygen atoms in total. The molecule has 0 aromatic heterocycles. The van der Waals surface area contributed by atoms with Crippen LogP contribution in [0.1, 0.15) is 25.5 Å². The van der Waals surface area contributed by atoms with Gasteiger partial charge in [0.15, 0.2) is 0 Å². The SMILES string of the molecule is COc1ccc(OC)c(N([C@@H](C)C(=O)N[C@H](C)c2ccccc2OC)S(C)(=O)=O)c1. The maximum Gasteiger partial charge on any atom is 0.244 e. The number of ether oxygens (including phenoxy) is 3. The van der Waals surface area contributed by atoms with Crippen LogP contribution in [0.25, 0.3) is 0 Å². The molecule has 0 bridgehead atoms. The molecule has 30 heavy (non-hydrogen) atoms. The molecule has 0 heterocycles. The van der Waals surface area contributed by atoms with E-state index in [0.29, 0.717) is 17.2 Å². The van der Waals surface area contributed by atoms with Gasteiger partial charge in [0.25, 0.3) is 0 Å². The number of nitrogens with zero attached hydrogens (tertiary/aromatic N) is 1. The van der Waals surface area contributed by atoms with Crippen molar-refractivity contribution < 1.29 is 27.4 Å². The number of benzene rings is 2. The zero-order chi connectivity index (χ0) is 22.5. The van der Waals surface area contributed by atoms with Crippen LogP contribution in [0.2, 0.25) is 0 Å². The number of anilines is 1. The summed E-state index contributed by atoms with van der Waals surface area (Å²) in [5.41, 5.74) is 0.998. The predicted molar refractivity (Wildman–Crippen MR) is 116 cm³/mol. The van der Waals surface area contributed by atoms with Gasteiger partial charge in [0.1, 0.15) is 23.3 Å². The third kappa shape index (κ3) is 5.15. The monoisotopic (exact) mass is 436 g/mol. The Morgan fingerprint density at radius 3 is 2.17 bits per heavy atom. The third-order valence-corrected chi connectivity index (χ3v) is 5.90. The van der Waals surface area contributed by atoms with E-state index in [9.17, 15) is 13.2 Å². The standard InChI is InChI=1S/C21H28N2O6S/c1-14(17-9-7-8-10-19(17)28-4)22-21(24)15(2)23(30(6,25)26)18-13-16(27-3)11-12-20(18)29-5/h7-15H,1-6H3,(H,22,24)/t14-,15+/m1/s1. The maximum atomic E-state index is 13.0. The fourth-order valence-corrected chi connectivity index (χ4v) is 4.36. The minimum atomic E-state index is -3.82. The number of amides is 1. The van der Waals surface area contributed by atoms with E-state index < -0.39 is 28.0 Å². The summed E-state index contributed by atoms with van der Waals surface area (Å²) >= 11 is 0. The van der Waals surface area contributed by atoms with Crippen LogP contribution >= 0.6 is 0 Å². The van der Waals surface area contributed by atoms with Crippen molar-refractivity contribution in [3.05, 3.63) is 48.0 Å². The van der Waals surface area contributed by atoms with E-state index in [1.165, 1.54) is 27.2 Å². The van der Waals surface area contributed by atoms with Crippen molar-refractivity contribution in [2.75, 3.05) is 31.9 Å². The Kier molecular flexibility index (Phi) is 7.55. The highest BCUT2D eigenvalue weighted by molar-refractivity contribution is 7.92. The third-order valence-electron chi connectivity index (χ3n) is 4.68. The van der Waals surface area contributed by atoms with E-state index in [-0.39, 0.29) is 5.69 Å². The zero-order valence-corrected chi connectivity index (χ0v) is 18.8. The Labute approximate surface area is 177 Å². The number of hydrogen-bond acceptors (Lipinski definition) is 6. The molecular weight excluding hydrogens is 408 g/mol. The van der Waals surface area contributed by atoms with Crippen LogP contribution in [0.5, 0.6) is 17.2 Å². The van der Waals surface area contributed by atoms with Crippen LogP contribution in [0.3, 0.4) is 0 Å². The molecule has 2 aromatic rings. The Balaban J connectivity index is 2.39. The van der Waals surface area contributed by atoms with Gasteiger partial charge in [-0.05, 0) is 32.0 Å². The van der Waals surface area contributed by atoms with Crippen molar-refractivity contribution in [2.24, 2.45) is 0 Å². The molecule has 2 rings (SSSR count). The molecule has 0 unspecified atom stereocenters. The van der Waals surface area contributed by atoms with Gasteiger partial charge in [0.2, 0.25) is 15.9 Å². The lowest BCUT2D eigenvalue weighted by Gasteiger charge is -2.30. The summed E-state index contributed by atoms with van der Waals surface area (Å²) < 4.78 is 42.2. The molecule has 2 aromatic carbocycles. The zero-order valence-electron chi connectivity index (χ0n) is 18.0.